The van der Waals surface area contributed by atoms with E-state index < -0.39 is 24.1 Å². The van der Waals surface area contributed by atoms with E-state index in [0.717, 1.165) is 79.9 Å². The number of carboxylic acids is 1. The number of nitrogen functional groups attached to an aromatic ring is 1. The number of halogens is 3. The number of guanidine groups is 1. The van der Waals surface area contributed by atoms with Gasteiger partial charge in [0.05, 0.1) is 5.92 Å². The number of amides is 2. The van der Waals surface area contributed by atoms with Gasteiger partial charge in [-0.15, -0.1) is 0 Å². The van der Waals surface area contributed by atoms with Crippen molar-refractivity contribution in [2.45, 2.75) is 69.5 Å². The maximum Gasteiger partial charge on any atom is 0.490 e. The highest BCUT2D eigenvalue weighted by atomic mass is 19.4. The molecule has 1 aliphatic carbocycles. The summed E-state index contributed by atoms with van der Waals surface area (Å²) < 4.78 is 31.7. The molecule has 0 radical (unpaired) electrons. The molecule has 2 fully saturated rings. The smallest absolute Gasteiger partial charge is 0.475 e. The molecule has 0 bridgehead atoms. The number of alkyl halides is 3. The van der Waals surface area contributed by atoms with Crippen molar-refractivity contribution in [3.8, 4) is 0 Å². The molecule has 2 atom stereocenters. The van der Waals surface area contributed by atoms with E-state index in [0.29, 0.717) is 24.4 Å². The lowest BCUT2D eigenvalue weighted by molar-refractivity contribution is -0.192. The minimum atomic E-state index is -5.08. The van der Waals surface area contributed by atoms with Crippen LogP contribution in [0.5, 0.6) is 0 Å². The maximum absolute atomic E-state index is 14.3. The lowest BCUT2D eigenvalue weighted by Gasteiger charge is -2.34. The predicted octanol–water partition coefficient (Wildman–Crippen LogP) is 4.87. The van der Waals surface area contributed by atoms with Crippen LogP contribution in [0.4, 0.5) is 13.2 Å². The van der Waals surface area contributed by atoms with Crippen LogP contribution in [0.2, 0.25) is 0 Å². The molecule has 274 valence electrons. The highest BCUT2D eigenvalue weighted by molar-refractivity contribution is 5.96. The van der Waals surface area contributed by atoms with Crippen LogP contribution in [0.25, 0.3) is 10.8 Å². The van der Waals surface area contributed by atoms with E-state index >= 15 is 0 Å². The van der Waals surface area contributed by atoms with Gasteiger partial charge < -0.3 is 32.1 Å². The van der Waals surface area contributed by atoms with Gasteiger partial charge in [0.2, 0.25) is 11.8 Å². The van der Waals surface area contributed by atoms with Crippen molar-refractivity contribution in [2.75, 3.05) is 19.6 Å². The quantitative estimate of drug-likeness (QED) is 0.115. The Hall–Kier alpha value is -5.14. The van der Waals surface area contributed by atoms with Crippen molar-refractivity contribution in [1.29, 1.82) is 10.8 Å². The normalized spacial score (nSPS) is 16.6. The Labute approximate surface area is 295 Å². The Morgan fingerprint density at radius 3 is 2.06 bits per heavy atom. The fourth-order valence-electron chi connectivity index (χ4n) is 6.81. The minimum Gasteiger partial charge on any atom is -0.475 e. The number of piperidine rings is 1. The summed E-state index contributed by atoms with van der Waals surface area (Å²) in [7, 11) is 0. The third kappa shape index (κ3) is 10.9. The van der Waals surface area contributed by atoms with Crippen molar-refractivity contribution in [2.24, 2.45) is 23.3 Å². The number of amidine groups is 1. The summed E-state index contributed by atoms with van der Waals surface area (Å²) in [5.74, 6) is -3.02. The highest BCUT2D eigenvalue weighted by Gasteiger charge is 2.38. The molecule has 14 heteroatoms. The summed E-state index contributed by atoms with van der Waals surface area (Å²) in [6.45, 7) is 2.00. The Morgan fingerprint density at radius 1 is 0.863 bits per heavy atom. The van der Waals surface area contributed by atoms with E-state index in [1.165, 1.54) is 0 Å². The van der Waals surface area contributed by atoms with Crippen LogP contribution in [-0.4, -0.2) is 71.4 Å². The molecule has 11 nitrogen and oxygen atoms in total. The van der Waals surface area contributed by atoms with Gasteiger partial charge in [-0.05, 0) is 65.8 Å². The van der Waals surface area contributed by atoms with Crippen molar-refractivity contribution < 1.29 is 32.7 Å². The Bertz CT molecular complexity index is 1680. The van der Waals surface area contributed by atoms with Gasteiger partial charge in [0.1, 0.15) is 11.9 Å². The first kappa shape index (κ1) is 38.7. The number of carbonyl (C=O) groups excluding carboxylic acids is 2. The van der Waals surface area contributed by atoms with Gasteiger partial charge in [-0.2, -0.15) is 13.2 Å². The number of hydrogen-bond donors (Lipinski definition) is 7. The zero-order valence-electron chi connectivity index (χ0n) is 28.3. The van der Waals surface area contributed by atoms with Gasteiger partial charge >= 0.3 is 12.1 Å². The second-order valence-corrected chi connectivity index (χ2v) is 13.2. The standard InChI is InChI=1S/C35H45N7O2.C2HF3O2/c36-32(37)27-15-13-23(14-16-27)21-30(29-12-6-10-25-7-4-5-11-28(25)29)33(43)41-31(26-8-2-1-3-9-26)34(44)40-22-24-17-19-42(20-18-24)35(38)39;3-2(4,5)1(6)7/h4-7,10-16,24,26,30-31H,1-3,8-9,17-22H2,(H3,36,37)(H3,38,39)(H,40,44)(H,41,43);(H,6,7)/t30?,31-;/m0./s1. The fraction of sp³-hybridized carbons (Fsp3) is 0.432. The number of nitrogens with zero attached hydrogens (tertiary/aromatic N) is 1. The highest BCUT2D eigenvalue weighted by Crippen LogP contribution is 2.31. The molecular formula is C37H46F3N7O4. The Balaban J connectivity index is 0.000000755. The first-order chi connectivity index (χ1) is 24.2. The van der Waals surface area contributed by atoms with Crippen LogP contribution >= 0.6 is 0 Å². The third-order valence-corrected chi connectivity index (χ3v) is 9.68. The van der Waals surface area contributed by atoms with Crippen LogP contribution in [0.15, 0.2) is 66.7 Å². The zero-order valence-corrected chi connectivity index (χ0v) is 28.3. The monoisotopic (exact) mass is 709 g/mol. The lowest BCUT2D eigenvalue weighted by atomic mass is 9.82. The Morgan fingerprint density at radius 2 is 1.47 bits per heavy atom. The van der Waals surface area contributed by atoms with E-state index in [2.05, 4.69) is 22.8 Å². The largest absolute Gasteiger partial charge is 0.490 e. The second-order valence-electron chi connectivity index (χ2n) is 13.2. The van der Waals surface area contributed by atoms with Gasteiger partial charge in [0.25, 0.3) is 0 Å². The molecule has 1 saturated carbocycles. The average Bonchev–Trinajstić information content (AvgIpc) is 3.12. The van der Waals surface area contributed by atoms with Gasteiger partial charge in [0.15, 0.2) is 5.96 Å². The van der Waals surface area contributed by atoms with Crippen LogP contribution in [-0.2, 0) is 20.8 Å². The average molecular weight is 710 g/mol. The molecule has 2 amide bonds. The topological polar surface area (TPSA) is 198 Å². The number of carbonyl (C=O) groups is 3. The summed E-state index contributed by atoms with van der Waals surface area (Å²) in [5, 5.41) is 31.1. The molecule has 1 aliphatic heterocycles. The molecule has 1 unspecified atom stereocenters. The number of likely N-dealkylation sites (tertiary alicyclic amines) is 1. The first-order valence-electron chi connectivity index (χ1n) is 17.1. The number of nitrogens with one attached hydrogen (secondary N) is 4. The van der Waals surface area contributed by atoms with E-state index in [1.54, 1.807) is 0 Å². The zero-order chi connectivity index (χ0) is 37.1. The minimum absolute atomic E-state index is 0.00522. The third-order valence-electron chi connectivity index (χ3n) is 9.68. The molecule has 3 aromatic rings. The summed E-state index contributed by atoms with van der Waals surface area (Å²) in [5.41, 5.74) is 13.9. The molecular weight excluding hydrogens is 663 g/mol. The summed E-state index contributed by atoms with van der Waals surface area (Å²) in [4.78, 5) is 38.9. The van der Waals surface area contributed by atoms with Crippen LogP contribution in [0.3, 0.4) is 0 Å². The molecule has 3 aromatic carbocycles. The summed E-state index contributed by atoms with van der Waals surface area (Å²) in [6, 6.07) is 21.0. The number of carboxylic acid groups (broad SMARTS) is 1. The van der Waals surface area contributed by atoms with Gasteiger partial charge in [-0.3, -0.25) is 20.4 Å². The number of benzene rings is 3. The van der Waals surface area contributed by atoms with Crippen molar-refractivity contribution >= 4 is 40.4 Å². The molecule has 1 heterocycles. The maximum atomic E-state index is 14.3. The number of aliphatic carboxylic acids is 1. The van der Waals surface area contributed by atoms with Crippen molar-refractivity contribution in [3.63, 3.8) is 0 Å². The van der Waals surface area contributed by atoms with Gasteiger partial charge in [-0.1, -0.05) is 86.0 Å². The molecule has 9 N–H and O–H groups in total. The van der Waals surface area contributed by atoms with E-state index in [4.69, 9.17) is 32.2 Å². The van der Waals surface area contributed by atoms with E-state index in [-0.39, 0.29) is 29.5 Å². The molecule has 5 rings (SSSR count). The van der Waals surface area contributed by atoms with Gasteiger partial charge in [0, 0.05) is 25.2 Å². The molecule has 0 aromatic heterocycles. The fourth-order valence-corrected chi connectivity index (χ4v) is 6.81. The molecule has 1 saturated heterocycles. The molecule has 0 spiro atoms. The lowest BCUT2D eigenvalue weighted by Crippen LogP contribution is -2.53. The number of hydrogen-bond acceptors (Lipinski definition) is 5. The number of fused-ring (bicyclic) bond motifs is 1. The second kappa shape index (κ2) is 17.7. The van der Waals surface area contributed by atoms with Crippen LogP contribution in [0, 0.1) is 22.7 Å². The molecule has 51 heavy (non-hydrogen) atoms. The predicted molar refractivity (Wildman–Crippen MR) is 189 cm³/mol. The SMILES string of the molecule is N=C(N)c1ccc(CC(C(=O)N[C@H](C(=O)NCC2CCN(C(=N)N)CC2)C2CCCCC2)c2cccc3ccccc23)cc1.O=C(O)C(F)(F)F. The molecule has 2 aliphatic rings. The number of nitrogens with two attached hydrogens (primary N) is 2. The summed E-state index contributed by atoms with van der Waals surface area (Å²) in [6.07, 6.45) is 2.21. The van der Waals surface area contributed by atoms with Crippen LogP contribution < -0.4 is 22.1 Å². The van der Waals surface area contributed by atoms with E-state index in [9.17, 15) is 22.8 Å². The summed E-state index contributed by atoms with van der Waals surface area (Å²) >= 11 is 0. The Kier molecular flexibility index (Phi) is 13.4. The first-order valence-corrected chi connectivity index (χ1v) is 17.1. The van der Waals surface area contributed by atoms with Crippen molar-refractivity contribution in [3.05, 3.63) is 83.4 Å². The van der Waals surface area contributed by atoms with Crippen molar-refractivity contribution in [1.82, 2.24) is 15.5 Å². The van der Waals surface area contributed by atoms with E-state index in [1.807, 2.05) is 59.5 Å². The van der Waals surface area contributed by atoms with Crippen LogP contribution in [0.1, 0.15) is 67.6 Å². The van der Waals surface area contributed by atoms with Gasteiger partial charge in [-0.25, -0.2) is 4.79 Å². The number of rotatable bonds is 10.